The van der Waals surface area contributed by atoms with Crippen molar-refractivity contribution in [3.8, 4) is 5.75 Å². The molecule has 1 fully saturated rings. The molecule has 0 saturated heterocycles. The van der Waals surface area contributed by atoms with E-state index in [1.807, 2.05) is 29.2 Å². The van der Waals surface area contributed by atoms with Gasteiger partial charge in [-0.1, -0.05) is 49.6 Å². The molecule has 2 aromatic carbocycles. The van der Waals surface area contributed by atoms with Crippen LogP contribution in [0.1, 0.15) is 65.5 Å². The number of benzene rings is 2. The van der Waals surface area contributed by atoms with Gasteiger partial charge in [-0.2, -0.15) is 0 Å². The Morgan fingerprint density at radius 1 is 1.04 bits per heavy atom. The molecule has 2 atom stereocenters. The van der Waals surface area contributed by atoms with Crippen LogP contribution in [0.5, 0.6) is 5.75 Å². The van der Waals surface area contributed by atoms with Crippen LogP contribution in [0.15, 0.2) is 48.5 Å². The summed E-state index contributed by atoms with van der Waals surface area (Å²) in [7, 11) is 1.59. The molecule has 1 aliphatic heterocycles. The summed E-state index contributed by atoms with van der Waals surface area (Å²) in [6.07, 6.45) is 5.08. The molecule has 28 heavy (non-hydrogen) atoms. The summed E-state index contributed by atoms with van der Waals surface area (Å²) in [5.74, 6) is -1.44. The monoisotopic (exact) mass is 378 g/mol. The minimum Gasteiger partial charge on any atom is -0.549 e. The predicted molar refractivity (Wildman–Crippen MR) is 103 cm³/mol. The van der Waals surface area contributed by atoms with Crippen molar-refractivity contribution in [3.63, 3.8) is 0 Å². The number of carbonyl (C=O) groups excluding carboxylic acids is 2. The number of carboxylic acid groups (broad SMARTS) is 1. The van der Waals surface area contributed by atoms with Crippen molar-refractivity contribution >= 4 is 11.9 Å². The van der Waals surface area contributed by atoms with Gasteiger partial charge < -0.3 is 19.5 Å². The van der Waals surface area contributed by atoms with E-state index in [4.69, 9.17) is 4.74 Å². The molecule has 1 heterocycles. The normalized spacial score (nSPS) is 22.6. The van der Waals surface area contributed by atoms with Crippen LogP contribution < -0.4 is 9.84 Å². The lowest BCUT2D eigenvalue weighted by Crippen LogP contribution is -2.52. The van der Waals surface area contributed by atoms with E-state index < -0.39 is 17.9 Å². The number of rotatable bonds is 4. The molecule has 0 radical (unpaired) electrons. The number of nitrogens with zero attached hydrogens (tertiary/aromatic N) is 1. The molecule has 2 aromatic rings. The first-order valence-electron chi connectivity index (χ1n) is 9.88. The predicted octanol–water partition coefficient (Wildman–Crippen LogP) is 3.06. The summed E-state index contributed by atoms with van der Waals surface area (Å²) in [5, 5.41) is 12.3. The van der Waals surface area contributed by atoms with Crippen LogP contribution in [0.2, 0.25) is 0 Å². The number of methoxy groups -OCH3 is 1. The molecule has 5 nitrogen and oxygen atoms in total. The lowest BCUT2D eigenvalue weighted by molar-refractivity contribution is -0.309. The largest absolute Gasteiger partial charge is 0.549 e. The summed E-state index contributed by atoms with van der Waals surface area (Å²) in [6, 6.07) is 13.8. The Hall–Kier alpha value is -2.82. The molecule has 0 aromatic heterocycles. The maximum atomic E-state index is 13.5. The molecule has 5 heteroatoms. The average molecular weight is 378 g/mol. The third kappa shape index (κ3) is 3.15. The summed E-state index contributed by atoms with van der Waals surface area (Å²) >= 11 is 0. The van der Waals surface area contributed by atoms with Crippen LogP contribution in [0.25, 0.3) is 0 Å². The lowest BCUT2D eigenvalue weighted by atomic mass is 9.77. The fourth-order valence-corrected chi connectivity index (χ4v) is 4.72. The number of hydrogen-bond acceptors (Lipinski definition) is 4. The van der Waals surface area contributed by atoms with Gasteiger partial charge in [0.1, 0.15) is 5.75 Å². The second kappa shape index (κ2) is 7.66. The van der Waals surface area contributed by atoms with Crippen LogP contribution in [0.4, 0.5) is 0 Å². The maximum absolute atomic E-state index is 13.5. The number of aliphatic carboxylic acids is 1. The van der Waals surface area contributed by atoms with Crippen LogP contribution in [0, 0.1) is 0 Å². The number of fused-ring (bicyclic) bond motifs is 1. The third-order valence-electron chi connectivity index (χ3n) is 6.06. The molecular weight excluding hydrogens is 354 g/mol. The van der Waals surface area contributed by atoms with Crippen LogP contribution in [-0.2, 0) is 4.79 Å². The molecule has 1 saturated carbocycles. The molecular formula is C23H24NO4-. The number of ether oxygens (including phenoxy) is 1. The Labute approximate surface area is 164 Å². The summed E-state index contributed by atoms with van der Waals surface area (Å²) < 4.78 is 5.24. The Morgan fingerprint density at radius 2 is 1.71 bits per heavy atom. The van der Waals surface area contributed by atoms with Crippen molar-refractivity contribution in [1.82, 2.24) is 4.90 Å². The van der Waals surface area contributed by atoms with Gasteiger partial charge in [0.05, 0.1) is 19.1 Å². The minimum absolute atomic E-state index is 0.0450. The van der Waals surface area contributed by atoms with E-state index in [-0.39, 0.29) is 11.9 Å². The highest BCUT2D eigenvalue weighted by molar-refractivity contribution is 6.00. The quantitative estimate of drug-likeness (QED) is 0.820. The van der Waals surface area contributed by atoms with E-state index in [1.165, 1.54) is 0 Å². The SMILES string of the molecule is COc1ccc([C@@H]2[C@@H](C(=O)[O-])c3ccccc3C(=O)N2C2CCCCC2)cc1. The highest BCUT2D eigenvalue weighted by atomic mass is 16.5. The number of carboxylic acids is 1. The molecule has 2 aliphatic rings. The van der Waals surface area contributed by atoms with Gasteiger partial charge >= 0.3 is 0 Å². The fraction of sp³-hybridized carbons (Fsp3) is 0.391. The van der Waals surface area contributed by atoms with Crippen molar-refractivity contribution in [1.29, 1.82) is 0 Å². The second-order valence-corrected chi connectivity index (χ2v) is 7.61. The zero-order valence-electron chi connectivity index (χ0n) is 16.0. The zero-order valence-corrected chi connectivity index (χ0v) is 16.0. The summed E-state index contributed by atoms with van der Waals surface area (Å²) in [5.41, 5.74) is 1.82. The zero-order chi connectivity index (χ0) is 19.7. The number of hydrogen-bond donors (Lipinski definition) is 0. The molecule has 146 valence electrons. The minimum atomic E-state index is -1.15. The van der Waals surface area contributed by atoms with Gasteiger partial charge in [-0.3, -0.25) is 4.79 Å². The molecule has 1 aliphatic carbocycles. The molecule has 0 spiro atoms. The molecule has 0 N–H and O–H groups in total. The second-order valence-electron chi connectivity index (χ2n) is 7.61. The molecule has 0 bridgehead atoms. The van der Waals surface area contributed by atoms with E-state index in [0.717, 1.165) is 37.7 Å². The highest BCUT2D eigenvalue weighted by Gasteiger charge is 2.44. The van der Waals surface area contributed by atoms with Gasteiger partial charge in [-0.15, -0.1) is 0 Å². The first kappa shape index (κ1) is 18.5. The van der Waals surface area contributed by atoms with Crippen LogP contribution in [0.3, 0.4) is 0 Å². The van der Waals surface area contributed by atoms with Crippen molar-refractivity contribution in [2.45, 2.75) is 50.1 Å². The highest BCUT2D eigenvalue weighted by Crippen LogP contribution is 2.45. The van der Waals surface area contributed by atoms with Gasteiger partial charge in [-0.05, 0) is 42.2 Å². The number of carbonyl (C=O) groups is 2. The lowest BCUT2D eigenvalue weighted by Gasteiger charge is -2.47. The van der Waals surface area contributed by atoms with Crippen molar-refractivity contribution < 1.29 is 19.4 Å². The average Bonchev–Trinajstić information content (AvgIpc) is 2.74. The van der Waals surface area contributed by atoms with E-state index in [9.17, 15) is 14.7 Å². The van der Waals surface area contributed by atoms with Crippen LogP contribution >= 0.6 is 0 Å². The summed E-state index contributed by atoms with van der Waals surface area (Å²) in [4.78, 5) is 27.6. The Bertz CT molecular complexity index is 870. The Balaban J connectivity index is 1.87. The van der Waals surface area contributed by atoms with Gasteiger partial charge in [0.15, 0.2) is 0 Å². The van der Waals surface area contributed by atoms with Crippen molar-refractivity contribution in [2.24, 2.45) is 0 Å². The van der Waals surface area contributed by atoms with Gasteiger partial charge in [0.2, 0.25) is 0 Å². The van der Waals surface area contributed by atoms with Gasteiger partial charge in [0.25, 0.3) is 5.91 Å². The van der Waals surface area contributed by atoms with Crippen molar-refractivity contribution in [2.75, 3.05) is 7.11 Å². The summed E-state index contributed by atoms with van der Waals surface area (Å²) in [6.45, 7) is 0. The van der Waals surface area contributed by atoms with Crippen LogP contribution in [-0.4, -0.2) is 29.9 Å². The van der Waals surface area contributed by atoms with Gasteiger partial charge in [-0.25, -0.2) is 0 Å². The smallest absolute Gasteiger partial charge is 0.254 e. The van der Waals surface area contributed by atoms with E-state index in [1.54, 1.807) is 31.4 Å². The maximum Gasteiger partial charge on any atom is 0.254 e. The van der Waals surface area contributed by atoms with E-state index in [2.05, 4.69) is 0 Å². The topological polar surface area (TPSA) is 69.7 Å². The first-order chi connectivity index (χ1) is 13.6. The van der Waals surface area contributed by atoms with E-state index >= 15 is 0 Å². The van der Waals surface area contributed by atoms with Crippen molar-refractivity contribution in [3.05, 3.63) is 65.2 Å². The molecule has 1 amide bonds. The standard InChI is InChI=1S/C23H25NO4/c1-28-17-13-11-15(12-14-17)21-20(23(26)27)18-9-5-6-10-19(18)22(25)24(21)16-7-3-2-4-8-16/h5-6,9-14,16,20-21H,2-4,7-8H2,1H3,(H,26,27)/p-1/t20-,21+/m0/s1. The van der Waals surface area contributed by atoms with Gasteiger partial charge in [0, 0.05) is 17.5 Å². The van der Waals surface area contributed by atoms with E-state index in [0.29, 0.717) is 16.9 Å². The number of amides is 1. The molecule has 0 unspecified atom stereocenters. The Morgan fingerprint density at radius 3 is 2.36 bits per heavy atom. The Kier molecular flexibility index (Phi) is 5.07. The first-order valence-corrected chi connectivity index (χ1v) is 9.88. The molecule has 4 rings (SSSR count). The fourth-order valence-electron chi connectivity index (χ4n) is 4.72. The third-order valence-corrected chi connectivity index (χ3v) is 6.06.